The number of amides is 2. The second-order valence-electron chi connectivity index (χ2n) is 5.71. The zero-order chi connectivity index (χ0) is 18.6. The van der Waals surface area contributed by atoms with Crippen molar-refractivity contribution in [3.05, 3.63) is 39.9 Å². The molecule has 0 saturated carbocycles. The van der Waals surface area contributed by atoms with Crippen molar-refractivity contribution in [1.29, 1.82) is 0 Å². The number of nitrogens with zero attached hydrogens (tertiary/aromatic N) is 1. The van der Waals surface area contributed by atoms with E-state index >= 15 is 0 Å². The summed E-state index contributed by atoms with van der Waals surface area (Å²) in [4.78, 5) is 25.7. The van der Waals surface area contributed by atoms with E-state index in [0.29, 0.717) is 15.6 Å². The van der Waals surface area contributed by atoms with Gasteiger partial charge in [0.2, 0.25) is 11.8 Å². The van der Waals surface area contributed by atoms with Gasteiger partial charge in [0.1, 0.15) is 6.04 Å². The zero-order valence-corrected chi connectivity index (χ0v) is 15.9. The van der Waals surface area contributed by atoms with E-state index in [1.807, 2.05) is 0 Å². The molecular formula is C16H18Cl2N2O4S. The summed E-state index contributed by atoms with van der Waals surface area (Å²) in [6, 6.07) is 4.13. The highest BCUT2D eigenvalue weighted by Gasteiger charge is 2.28. The third-order valence-electron chi connectivity index (χ3n) is 3.76. The highest BCUT2D eigenvalue weighted by atomic mass is 35.5. The minimum atomic E-state index is -3.06. The molecule has 1 aromatic rings. The molecule has 1 aromatic carbocycles. The molecule has 1 unspecified atom stereocenters. The average Bonchev–Trinajstić information content (AvgIpc) is 2.55. The van der Waals surface area contributed by atoms with Crippen LogP contribution in [0.15, 0.2) is 24.3 Å². The smallest absolute Gasteiger partial charge is 0.244 e. The van der Waals surface area contributed by atoms with Crippen LogP contribution in [0.2, 0.25) is 10.0 Å². The van der Waals surface area contributed by atoms with Crippen molar-refractivity contribution in [3.63, 3.8) is 0 Å². The van der Waals surface area contributed by atoms with Gasteiger partial charge in [-0.15, -0.1) is 0 Å². The lowest BCUT2D eigenvalue weighted by molar-refractivity contribution is -0.134. The molecule has 2 rings (SSSR count). The van der Waals surface area contributed by atoms with Gasteiger partial charge in [-0.3, -0.25) is 9.59 Å². The maximum atomic E-state index is 12.3. The largest absolute Gasteiger partial charge is 0.341 e. The Bertz CT molecular complexity index is 794. The first kappa shape index (κ1) is 19.8. The number of carbonyl (C=O) groups excluding carboxylic acids is 2. The summed E-state index contributed by atoms with van der Waals surface area (Å²) in [5.41, 5.74) is 0.588. The number of nitrogens with one attached hydrogen (secondary N) is 1. The number of carbonyl (C=O) groups is 2. The second kappa shape index (κ2) is 8.21. The van der Waals surface area contributed by atoms with E-state index in [-0.39, 0.29) is 30.5 Å². The number of hydrogen-bond acceptors (Lipinski definition) is 4. The minimum Gasteiger partial charge on any atom is -0.341 e. The average molecular weight is 405 g/mol. The van der Waals surface area contributed by atoms with E-state index in [2.05, 4.69) is 5.32 Å². The monoisotopic (exact) mass is 404 g/mol. The van der Waals surface area contributed by atoms with Crippen LogP contribution in [0.3, 0.4) is 0 Å². The standard InChI is InChI=1S/C16H18Cl2N2O4S/c1-11(16(22)20-6-8-25(23,24)9-7-20)19-15(21)5-2-12-10-13(17)3-4-14(12)18/h2-5,10-11H,6-9H2,1H3,(H,19,21). The van der Waals surface area contributed by atoms with Crippen molar-refractivity contribution in [2.75, 3.05) is 24.6 Å². The summed E-state index contributed by atoms with van der Waals surface area (Å²) >= 11 is 11.9. The predicted molar refractivity (Wildman–Crippen MR) is 98.3 cm³/mol. The lowest BCUT2D eigenvalue weighted by Gasteiger charge is -2.29. The van der Waals surface area contributed by atoms with E-state index in [9.17, 15) is 18.0 Å². The molecule has 9 heteroatoms. The van der Waals surface area contributed by atoms with Gasteiger partial charge in [0.15, 0.2) is 9.84 Å². The Morgan fingerprint density at radius 1 is 1.24 bits per heavy atom. The van der Waals surface area contributed by atoms with Crippen LogP contribution in [-0.2, 0) is 19.4 Å². The van der Waals surface area contributed by atoms with Gasteiger partial charge in [0, 0.05) is 29.2 Å². The molecule has 2 amide bonds. The van der Waals surface area contributed by atoms with Crippen LogP contribution in [-0.4, -0.2) is 55.8 Å². The SMILES string of the molecule is CC(NC(=O)C=Cc1cc(Cl)ccc1Cl)C(=O)N1CCS(=O)(=O)CC1. The van der Waals surface area contributed by atoms with Crippen LogP contribution in [0, 0.1) is 0 Å². The van der Waals surface area contributed by atoms with Gasteiger partial charge in [0.25, 0.3) is 0 Å². The Kier molecular flexibility index (Phi) is 6.48. The minimum absolute atomic E-state index is 0.0490. The summed E-state index contributed by atoms with van der Waals surface area (Å²) in [6.45, 7) is 1.86. The van der Waals surface area contributed by atoms with E-state index in [1.165, 1.54) is 17.1 Å². The molecule has 0 aliphatic carbocycles. The van der Waals surface area contributed by atoms with Gasteiger partial charge in [-0.05, 0) is 36.8 Å². The fourth-order valence-electron chi connectivity index (χ4n) is 2.34. The molecule has 0 aromatic heterocycles. The normalized spacial score (nSPS) is 18.1. The van der Waals surface area contributed by atoms with Crippen molar-refractivity contribution >= 4 is 50.9 Å². The van der Waals surface area contributed by atoms with Gasteiger partial charge in [0.05, 0.1) is 11.5 Å². The molecule has 0 bridgehead atoms. The van der Waals surface area contributed by atoms with Crippen molar-refractivity contribution in [1.82, 2.24) is 10.2 Å². The third kappa shape index (κ3) is 5.73. The third-order valence-corrected chi connectivity index (χ3v) is 5.95. The number of rotatable bonds is 4. The lowest BCUT2D eigenvalue weighted by atomic mass is 10.2. The Labute approximate surface area is 156 Å². The number of benzene rings is 1. The van der Waals surface area contributed by atoms with Crippen LogP contribution in [0.25, 0.3) is 6.08 Å². The van der Waals surface area contributed by atoms with Gasteiger partial charge >= 0.3 is 0 Å². The van der Waals surface area contributed by atoms with E-state index in [1.54, 1.807) is 25.1 Å². The van der Waals surface area contributed by atoms with E-state index < -0.39 is 21.8 Å². The summed E-state index contributed by atoms with van der Waals surface area (Å²) in [6.07, 6.45) is 2.77. The molecule has 136 valence electrons. The molecule has 1 saturated heterocycles. The summed E-state index contributed by atoms with van der Waals surface area (Å²) in [7, 11) is -3.06. The van der Waals surface area contributed by atoms with Crippen molar-refractivity contribution in [3.8, 4) is 0 Å². The highest BCUT2D eigenvalue weighted by molar-refractivity contribution is 7.91. The molecule has 25 heavy (non-hydrogen) atoms. The van der Waals surface area contributed by atoms with Crippen molar-refractivity contribution < 1.29 is 18.0 Å². The lowest BCUT2D eigenvalue weighted by Crippen LogP contribution is -2.51. The molecule has 1 atom stereocenters. The molecule has 6 nitrogen and oxygen atoms in total. The number of hydrogen-bond donors (Lipinski definition) is 1. The maximum Gasteiger partial charge on any atom is 0.244 e. The number of halogens is 2. The molecule has 1 heterocycles. The fraction of sp³-hybridized carbons (Fsp3) is 0.375. The topological polar surface area (TPSA) is 83.6 Å². The van der Waals surface area contributed by atoms with Crippen LogP contribution < -0.4 is 5.32 Å². The predicted octanol–water partition coefficient (Wildman–Crippen LogP) is 1.77. The van der Waals surface area contributed by atoms with E-state index in [4.69, 9.17) is 23.2 Å². The summed E-state index contributed by atoms with van der Waals surface area (Å²) < 4.78 is 22.8. The van der Waals surface area contributed by atoms with Crippen LogP contribution in [0.5, 0.6) is 0 Å². The Morgan fingerprint density at radius 2 is 1.88 bits per heavy atom. The fourth-order valence-corrected chi connectivity index (χ4v) is 3.90. The first-order chi connectivity index (χ1) is 11.7. The Hall–Kier alpha value is -1.57. The van der Waals surface area contributed by atoms with Gasteiger partial charge < -0.3 is 10.2 Å². The van der Waals surface area contributed by atoms with Gasteiger partial charge in [-0.1, -0.05) is 23.2 Å². The Balaban J connectivity index is 1.92. The summed E-state index contributed by atoms with van der Waals surface area (Å²) in [5, 5.41) is 3.50. The van der Waals surface area contributed by atoms with Gasteiger partial charge in [-0.2, -0.15) is 0 Å². The maximum absolute atomic E-state index is 12.3. The molecular weight excluding hydrogens is 387 g/mol. The van der Waals surface area contributed by atoms with Crippen LogP contribution >= 0.6 is 23.2 Å². The molecule has 1 aliphatic heterocycles. The van der Waals surface area contributed by atoms with Gasteiger partial charge in [-0.25, -0.2) is 8.42 Å². The number of sulfone groups is 1. The first-order valence-corrected chi connectivity index (χ1v) is 10.2. The second-order valence-corrected chi connectivity index (χ2v) is 8.85. The first-order valence-electron chi connectivity index (χ1n) is 7.61. The van der Waals surface area contributed by atoms with Crippen LogP contribution in [0.1, 0.15) is 12.5 Å². The molecule has 1 aliphatic rings. The Morgan fingerprint density at radius 3 is 2.52 bits per heavy atom. The molecule has 0 radical (unpaired) electrons. The molecule has 1 N–H and O–H groups in total. The van der Waals surface area contributed by atoms with Crippen molar-refractivity contribution in [2.24, 2.45) is 0 Å². The highest BCUT2D eigenvalue weighted by Crippen LogP contribution is 2.21. The molecule has 0 spiro atoms. The zero-order valence-electron chi connectivity index (χ0n) is 13.5. The van der Waals surface area contributed by atoms with E-state index in [0.717, 1.165) is 0 Å². The molecule has 1 fully saturated rings. The quantitative estimate of drug-likeness (QED) is 0.774. The van der Waals surface area contributed by atoms with Crippen molar-refractivity contribution in [2.45, 2.75) is 13.0 Å². The summed E-state index contributed by atoms with van der Waals surface area (Å²) in [5.74, 6) is -0.863. The van der Waals surface area contributed by atoms with Crippen LogP contribution in [0.4, 0.5) is 0 Å².